The summed E-state index contributed by atoms with van der Waals surface area (Å²) in [6, 6.07) is 0. The van der Waals surface area contributed by atoms with Gasteiger partial charge in [-0.25, -0.2) is 13.8 Å². The van der Waals surface area contributed by atoms with Crippen molar-refractivity contribution in [1.82, 2.24) is 4.98 Å². The Morgan fingerprint density at radius 3 is 2.59 bits per heavy atom. The molecule has 1 saturated heterocycles. The maximum Gasteiger partial charge on any atom is 0.434 e. The molecule has 1 aliphatic rings. The van der Waals surface area contributed by atoms with Gasteiger partial charge < -0.3 is 4.90 Å². The quantitative estimate of drug-likeness (QED) is 0.768. The molecule has 1 aromatic rings. The second-order valence-electron chi connectivity index (χ2n) is 3.84. The van der Waals surface area contributed by atoms with Gasteiger partial charge in [-0.15, -0.1) is 11.3 Å². The first kappa shape index (κ1) is 12.5. The van der Waals surface area contributed by atoms with Crippen LogP contribution in [0.5, 0.6) is 0 Å². The fourth-order valence-corrected chi connectivity index (χ4v) is 2.58. The number of hydrogen-bond acceptors (Lipinski definition) is 3. The molecule has 2 heterocycles. The van der Waals surface area contributed by atoms with Gasteiger partial charge in [-0.3, -0.25) is 0 Å². The Balaban J connectivity index is 2.07. The summed E-state index contributed by atoms with van der Waals surface area (Å²) in [5.41, 5.74) is -0.960. The van der Waals surface area contributed by atoms with Gasteiger partial charge in [0.05, 0.1) is 0 Å². The first-order valence-corrected chi connectivity index (χ1v) is 5.81. The van der Waals surface area contributed by atoms with Crippen molar-refractivity contribution in [3.8, 4) is 0 Å². The number of aromatic nitrogens is 1. The third kappa shape index (κ3) is 2.67. The monoisotopic (exact) mass is 272 g/mol. The lowest BCUT2D eigenvalue weighted by Crippen LogP contribution is -2.22. The van der Waals surface area contributed by atoms with Crippen LogP contribution in [0.1, 0.15) is 12.1 Å². The minimum absolute atomic E-state index is 0.0719. The minimum Gasteiger partial charge on any atom is -0.348 e. The Labute approximate surface area is 98.1 Å². The molecule has 17 heavy (non-hydrogen) atoms. The number of anilines is 1. The van der Waals surface area contributed by atoms with Crippen molar-refractivity contribution < 1.29 is 22.0 Å². The van der Waals surface area contributed by atoms with Gasteiger partial charge in [0.1, 0.15) is 0 Å². The van der Waals surface area contributed by atoms with Gasteiger partial charge in [0, 0.05) is 24.4 Å². The molecule has 0 N–H and O–H groups in total. The van der Waals surface area contributed by atoms with E-state index in [4.69, 9.17) is 0 Å². The van der Waals surface area contributed by atoms with E-state index >= 15 is 0 Å². The third-order valence-corrected chi connectivity index (χ3v) is 3.54. The van der Waals surface area contributed by atoms with E-state index in [-0.39, 0.29) is 11.7 Å². The lowest BCUT2D eigenvalue weighted by Gasteiger charge is -2.14. The maximum atomic E-state index is 12.4. The van der Waals surface area contributed by atoms with Crippen LogP contribution in [-0.2, 0) is 6.18 Å². The highest BCUT2D eigenvalue weighted by molar-refractivity contribution is 7.13. The SMILES string of the molecule is FC(F)C1CCN(c2nc(C(F)(F)F)cs2)C1. The first-order chi connectivity index (χ1) is 7.88. The fraction of sp³-hybridized carbons (Fsp3) is 0.667. The zero-order valence-electron chi connectivity index (χ0n) is 8.55. The summed E-state index contributed by atoms with van der Waals surface area (Å²) < 4.78 is 61.7. The zero-order chi connectivity index (χ0) is 12.6. The minimum atomic E-state index is -4.48. The molecule has 0 aliphatic carbocycles. The van der Waals surface area contributed by atoms with Crippen LogP contribution in [0.15, 0.2) is 5.38 Å². The van der Waals surface area contributed by atoms with Crippen molar-refractivity contribution in [2.24, 2.45) is 5.92 Å². The summed E-state index contributed by atoms with van der Waals surface area (Å²) in [4.78, 5) is 4.91. The van der Waals surface area contributed by atoms with Gasteiger partial charge in [-0.1, -0.05) is 0 Å². The molecule has 0 spiro atoms. The van der Waals surface area contributed by atoms with Crippen LogP contribution in [0.2, 0.25) is 0 Å². The summed E-state index contributed by atoms with van der Waals surface area (Å²) >= 11 is 0.837. The molecule has 1 aromatic heterocycles. The number of rotatable bonds is 2. The highest BCUT2D eigenvalue weighted by Crippen LogP contribution is 2.35. The topological polar surface area (TPSA) is 16.1 Å². The Bertz CT molecular complexity index is 389. The van der Waals surface area contributed by atoms with Crippen molar-refractivity contribution in [3.63, 3.8) is 0 Å². The molecule has 2 nitrogen and oxygen atoms in total. The second kappa shape index (κ2) is 4.40. The summed E-state index contributed by atoms with van der Waals surface area (Å²) in [6.45, 7) is 0.405. The first-order valence-electron chi connectivity index (χ1n) is 4.93. The summed E-state index contributed by atoms with van der Waals surface area (Å²) in [6.07, 6.45) is -6.61. The van der Waals surface area contributed by atoms with Gasteiger partial charge in [0.2, 0.25) is 6.43 Å². The highest BCUT2D eigenvalue weighted by atomic mass is 32.1. The van der Waals surface area contributed by atoms with E-state index in [1.807, 2.05) is 0 Å². The van der Waals surface area contributed by atoms with E-state index in [9.17, 15) is 22.0 Å². The molecule has 0 amide bonds. The fourth-order valence-electron chi connectivity index (χ4n) is 1.71. The molecule has 96 valence electrons. The van der Waals surface area contributed by atoms with Gasteiger partial charge >= 0.3 is 6.18 Å². The third-order valence-electron chi connectivity index (χ3n) is 2.63. The average Bonchev–Trinajstić information content (AvgIpc) is 2.85. The van der Waals surface area contributed by atoms with Gasteiger partial charge in [0.15, 0.2) is 10.8 Å². The molecule has 0 aromatic carbocycles. The Hall–Kier alpha value is -0.920. The van der Waals surface area contributed by atoms with Crippen LogP contribution in [0.4, 0.5) is 27.1 Å². The normalized spacial score (nSPS) is 21.5. The van der Waals surface area contributed by atoms with E-state index in [2.05, 4.69) is 4.98 Å². The predicted molar refractivity (Wildman–Crippen MR) is 53.4 cm³/mol. The number of alkyl halides is 5. The molecule has 0 bridgehead atoms. The predicted octanol–water partition coefficient (Wildman–Crippen LogP) is 3.25. The van der Waals surface area contributed by atoms with Gasteiger partial charge in [0.25, 0.3) is 0 Å². The molecular weight excluding hydrogens is 263 g/mol. The summed E-state index contributed by atoms with van der Waals surface area (Å²) in [7, 11) is 0. The van der Waals surface area contributed by atoms with Crippen LogP contribution in [0, 0.1) is 5.92 Å². The van der Waals surface area contributed by atoms with E-state index in [1.54, 1.807) is 0 Å². The average molecular weight is 272 g/mol. The molecule has 1 atom stereocenters. The van der Waals surface area contributed by atoms with E-state index in [1.165, 1.54) is 4.90 Å². The Morgan fingerprint density at radius 2 is 2.12 bits per heavy atom. The van der Waals surface area contributed by atoms with Crippen LogP contribution in [0.25, 0.3) is 0 Å². The van der Waals surface area contributed by atoms with E-state index in [0.29, 0.717) is 13.0 Å². The van der Waals surface area contributed by atoms with E-state index < -0.39 is 24.2 Å². The summed E-state index contributed by atoms with van der Waals surface area (Å²) in [5.74, 6) is -0.770. The highest BCUT2D eigenvalue weighted by Gasteiger charge is 2.36. The van der Waals surface area contributed by atoms with Crippen molar-refractivity contribution >= 4 is 16.5 Å². The maximum absolute atomic E-state index is 12.4. The number of thiazole rings is 1. The molecular formula is C9H9F5N2S. The second-order valence-corrected chi connectivity index (χ2v) is 4.68. The van der Waals surface area contributed by atoms with Crippen molar-refractivity contribution in [3.05, 3.63) is 11.1 Å². The lowest BCUT2D eigenvalue weighted by atomic mass is 10.1. The summed E-state index contributed by atoms with van der Waals surface area (Å²) in [5, 5.41) is 1.07. The molecule has 8 heteroatoms. The van der Waals surface area contributed by atoms with Crippen molar-refractivity contribution in [1.29, 1.82) is 0 Å². The van der Waals surface area contributed by atoms with E-state index in [0.717, 1.165) is 16.7 Å². The molecule has 0 radical (unpaired) electrons. The standard InChI is InChI=1S/C9H9F5N2S/c10-7(11)5-1-2-16(3-5)8-15-6(4-17-8)9(12,13)14/h4-5,7H,1-3H2. The van der Waals surface area contributed by atoms with Gasteiger partial charge in [-0.05, 0) is 6.42 Å². The Kier molecular flexibility index (Phi) is 3.24. The number of nitrogens with zero attached hydrogens (tertiary/aromatic N) is 2. The molecule has 2 rings (SSSR count). The van der Waals surface area contributed by atoms with Crippen molar-refractivity contribution in [2.75, 3.05) is 18.0 Å². The van der Waals surface area contributed by atoms with Gasteiger partial charge in [-0.2, -0.15) is 13.2 Å². The van der Waals surface area contributed by atoms with Crippen LogP contribution in [-0.4, -0.2) is 24.5 Å². The molecule has 1 aliphatic heterocycles. The number of halogens is 5. The smallest absolute Gasteiger partial charge is 0.348 e. The van der Waals surface area contributed by atoms with Crippen molar-refractivity contribution in [2.45, 2.75) is 19.0 Å². The molecule has 1 unspecified atom stereocenters. The molecule has 1 fully saturated rings. The van der Waals surface area contributed by atoms with Crippen LogP contribution >= 0.6 is 11.3 Å². The van der Waals surface area contributed by atoms with Crippen LogP contribution < -0.4 is 4.90 Å². The lowest BCUT2D eigenvalue weighted by molar-refractivity contribution is -0.140. The number of hydrogen-bond donors (Lipinski definition) is 0. The largest absolute Gasteiger partial charge is 0.434 e. The molecule has 0 saturated carbocycles. The zero-order valence-corrected chi connectivity index (χ0v) is 9.36. The Morgan fingerprint density at radius 1 is 1.41 bits per heavy atom. The van der Waals surface area contributed by atoms with Crippen LogP contribution in [0.3, 0.4) is 0 Å².